The molecule has 4 heteroatoms. The third-order valence-corrected chi connectivity index (χ3v) is 2.40. The van der Waals surface area contributed by atoms with E-state index in [1.807, 2.05) is 13.0 Å². The van der Waals surface area contributed by atoms with E-state index < -0.39 is 0 Å². The van der Waals surface area contributed by atoms with Crippen molar-refractivity contribution in [2.45, 2.75) is 44.8 Å². The lowest BCUT2D eigenvalue weighted by Gasteiger charge is -2.28. The summed E-state index contributed by atoms with van der Waals surface area (Å²) in [5, 5.41) is 11.1. The van der Waals surface area contributed by atoms with E-state index in [9.17, 15) is 4.79 Å². The van der Waals surface area contributed by atoms with Crippen LogP contribution in [0.15, 0.2) is 0 Å². The predicted molar refractivity (Wildman–Crippen MR) is 51.4 cm³/mol. The molecule has 0 bridgehead atoms. The van der Waals surface area contributed by atoms with E-state index in [4.69, 9.17) is 10.00 Å². The number of amides is 1. The summed E-state index contributed by atoms with van der Waals surface area (Å²) in [5.41, 5.74) is 0. The molecule has 2 unspecified atom stereocenters. The van der Waals surface area contributed by atoms with Crippen LogP contribution in [0.5, 0.6) is 0 Å². The van der Waals surface area contributed by atoms with E-state index in [1.165, 1.54) is 0 Å². The molecule has 1 rings (SSSR count). The molecule has 0 spiro atoms. The maximum atomic E-state index is 11.1. The molecule has 0 radical (unpaired) electrons. The number of carbonyl (C=O) groups is 1. The van der Waals surface area contributed by atoms with Crippen molar-refractivity contribution in [2.24, 2.45) is 0 Å². The number of nitrogens with zero attached hydrogens (tertiary/aromatic N) is 1. The smallest absolute Gasteiger partial charge is 0.234 e. The Labute approximate surface area is 84.2 Å². The van der Waals surface area contributed by atoms with Crippen LogP contribution in [-0.4, -0.2) is 24.7 Å². The van der Waals surface area contributed by atoms with Crippen LogP contribution in [0.3, 0.4) is 0 Å². The molecule has 0 aromatic heterocycles. The molecule has 14 heavy (non-hydrogen) atoms. The molecular formula is C10H16N2O2. The first-order valence-corrected chi connectivity index (χ1v) is 5.02. The molecule has 1 N–H and O–H groups in total. The lowest BCUT2D eigenvalue weighted by atomic mass is 10.0. The molecule has 1 heterocycles. The zero-order chi connectivity index (χ0) is 10.4. The molecule has 0 aromatic carbocycles. The van der Waals surface area contributed by atoms with Crippen LogP contribution in [0.1, 0.15) is 32.6 Å². The van der Waals surface area contributed by atoms with Gasteiger partial charge in [0, 0.05) is 6.61 Å². The average molecular weight is 196 g/mol. The van der Waals surface area contributed by atoms with Gasteiger partial charge in [0.15, 0.2) is 0 Å². The molecule has 0 aromatic rings. The highest BCUT2D eigenvalue weighted by Gasteiger charge is 2.21. The molecule has 1 saturated heterocycles. The molecule has 0 aliphatic carbocycles. The minimum Gasteiger partial charge on any atom is -0.376 e. The molecule has 0 saturated carbocycles. The van der Waals surface area contributed by atoms with E-state index in [1.54, 1.807) is 0 Å². The first kappa shape index (κ1) is 11.0. The fourth-order valence-corrected chi connectivity index (χ4v) is 1.63. The zero-order valence-electron chi connectivity index (χ0n) is 8.45. The van der Waals surface area contributed by atoms with E-state index in [0.29, 0.717) is 0 Å². The maximum Gasteiger partial charge on any atom is 0.234 e. The van der Waals surface area contributed by atoms with Crippen molar-refractivity contribution in [2.75, 3.05) is 6.61 Å². The second kappa shape index (κ2) is 5.61. The summed E-state index contributed by atoms with van der Waals surface area (Å²) >= 11 is 0. The topological polar surface area (TPSA) is 62.1 Å². The first-order chi connectivity index (χ1) is 6.74. The van der Waals surface area contributed by atoms with Gasteiger partial charge in [-0.1, -0.05) is 0 Å². The Morgan fingerprint density at radius 2 is 2.50 bits per heavy atom. The number of rotatable bonds is 3. The Hall–Kier alpha value is -1.08. The summed E-state index contributed by atoms with van der Waals surface area (Å²) in [6, 6.07) is 1.83. The van der Waals surface area contributed by atoms with Gasteiger partial charge in [0.05, 0.1) is 18.2 Å². The van der Waals surface area contributed by atoms with Crippen LogP contribution in [0, 0.1) is 11.3 Å². The average Bonchev–Trinajstić information content (AvgIpc) is 2.19. The SMILES string of the molecule is CC(NC(=O)CC#N)C1CCCCO1. The fraction of sp³-hybridized carbons (Fsp3) is 0.800. The lowest BCUT2D eigenvalue weighted by molar-refractivity contribution is -0.122. The summed E-state index contributed by atoms with van der Waals surface area (Å²) in [5.74, 6) is -0.214. The van der Waals surface area contributed by atoms with Crippen LogP contribution >= 0.6 is 0 Å². The minimum absolute atomic E-state index is 0.0103. The second-order valence-electron chi connectivity index (χ2n) is 3.60. The number of hydrogen-bond acceptors (Lipinski definition) is 3. The van der Waals surface area contributed by atoms with Crippen molar-refractivity contribution in [1.29, 1.82) is 5.26 Å². The summed E-state index contributed by atoms with van der Waals surface area (Å²) in [6.07, 6.45) is 3.30. The van der Waals surface area contributed by atoms with Gasteiger partial charge in [-0.2, -0.15) is 5.26 Å². The van der Waals surface area contributed by atoms with E-state index in [-0.39, 0.29) is 24.5 Å². The number of nitriles is 1. The number of hydrogen-bond donors (Lipinski definition) is 1. The minimum atomic E-state index is -0.214. The monoisotopic (exact) mass is 196 g/mol. The Kier molecular flexibility index (Phi) is 4.41. The highest BCUT2D eigenvalue weighted by atomic mass is 16.5. The van der Waals surface area contributed by atoms with Gasteiger partial charge in [0.1, 0.15) is 6.42 Å². The van der Waals surface area contributed by atoms with Crippen molar-refractivity contribution in [1.82, 2.24) is 5.32 Å². The fourth-order valence-electron chi connectivity index (χ4n) is 1.63. The predicted octanol–water partition coefficient (Wildman–Crippen LogP) is 0.974. The largest absolute Gasteiger partial charge is 0.376 e. The molecule has 1 amide bonds. The van der Waals surface area contributed by atoms with E-state index in [0.717, 1.165) is 25.9 Å². The normalized spacial score (nSPS) is 23.6. The molecule has 78 valence electrons. The van der Waals surface area contributed by atoms with Crippen LogP contribution in [0.4, 0.5) is 0 Å². The molecular weight excluding hydrogens is 180 g/mol. The van der Waals surface area contributed by atoms with Gasteiger partial charge < -0.3 is 10.1 Å². The van der Waals surface area contributed by atoms with Crippen LogP contribution in [0.25, 0.3) is 0 Å². The molecule has 1 fully saturated rings. The van der Waals surface area contributed by atoms with Gasteiger partial charge in [0.25, 0.3) is 0 Å². The molecule has 1 aliphatic heterocycles. The Morgan fingerprint density at radius 1 is 1.71 bits per heavy atom. The first-order valence-electron chi connectivity index (χ1n) is 5.02. The van der Waals surface area contributed by atoms with Gasteiger partial charge in [-0.05, 0) is 26.2 Å². The van der Waals surface area contributed by atoms with E-state index >= 15 is 0 Å². The Balaban J connectivity index is 2.29. The van der Waals surface area contributed by atoms with Crippen molar-refractivity contribution in [3.63, 3.8) is 0 Å². The maximum absolute atomic E-state index is 11.1. The highest BCUT2D eigenvalue weighted by molar-refractivity contribution is 5.78. The van der Waals surface area contributed by atoms with E-state index in [2.05, 4.69) is 5.32 Å². The van der Waals surface area contributed by atoms with Gasteiger partial charge in [-0.3, -0.25) is 4.79 Å². The van der Waals surface area contributed by atoms with Crippen molar-refractivity contribution in [3.05, 3.63) is 0 Å². The summed E-state index contributed by atoms with van der Waals surface area (Å²) in [4.78, 5) is 11.1. The molecule has 2 atom stereocenters. The highest BCUT2D eigenvalue weighted by Crippen LogP contribution is 2.15. The third kappa shape index (κ3) is 3.35. The molecule has 4 nitrogen and oxygen atoms in total. The second-order valence-corrected chi connectivity index (χ2v) is 3.60. The van der Waals surface area contributed by atoms with Gasteiger partial charge >= 0.3 is 0 Å². The van der Waals surface area contributed by atoms with Crippen LogP contribution in [-0.2, 0) is 9.53 Å². The number of nitrogens with one attached hydrogen (secondary N) is 1. The standard InChI is InChI=1S/C10H16N2O2/c1-8(12-10(13)5-6-11)9-4-2-3-7-14-9/h8-9H,2-5,7H2,1H3,(H,12,13). The van der Waals surface area contributed by atoms with Crippen molar-refractivity contribution in [3.8, 4) is 6.07 Å². The number of carbonyl (C=O) groups excluding carboxylic acids is 1. The Morgan fingerprint density at radius 3 is 3.07 bits per heavy atom. The summed E-state index contributed by atoms with van der Waals surface area (Å²) < 4.78 is 5.52. The molecule has 1 aliphatic rings. The zero-order valence-corrected chi connectivity index (χ0v) is 8.45. The Bertz CT molecular complexity index is 229. The van der Waals surface area contributed by atoms with Gasteiger partial charge in [-0.25, -0.2) is 0 Å². The van der Waals surface area contributed by atoms with Gasteiger partial charge in [-0.15, -0.1) is 0 Å². The third-order valence-electron chi connectivity index (χ3n) is 2.40. The van der Waals surface area contributed by atoms with Gasteiger partial charge in [0.2, 0.25) is 5.91 Å². The summed E-state index contributed by atoms with van der Waals surface area (Å²) in [7, 11) is 0. The van der Waals surface area contributed by atoms with Crippen LogP contribution < -0.4 is 5.32 Å². The summed E-state index contributed by atoms with van der Waals surface area (Å²) in [6.45, 7) is 2.70. The van der Waals surface area contributed by atoms with Crippen molar-refractivity contribution < 1.29 is 9.53 Å². The van der Waals surface area contributed by atoms with Crippen LogP contribution in [0.2, 0.25) is 0 Å². The van der Waals surface area contributed by atoms with Crippen molar-refractivity contribution >= 4 is 5.91 Å². The number of ether oxygens (including phenoxy) is 1. The quantitative estimate of drug-likeness (QED) is 0.731. The lowest BCUT2D eigenvalue weighted by Crippen LogP contribution is -2.43.